The molecule has 28 heavy (non-hydrogen) atoms. The molecule has 1 fully saturated rings. The highest BCUT2D eigenvalue weighted by Gasteiger charge is 2.22. The topological polar surface area (TPSA) is 32.3 Å². The summed E-state index contributed by atoms with van der Waals surface area (Å²) in [6.07, 6.45) is 1.90. The van der Waals surface area contributed by atoms with E-state index < -0.39 is 0 Å². The molecule has 0 bridgehead atoms. The number of hydrogen-bond donors (Lipinski definition) is 0. The molecule has 0 amide bonds. The quantitative estimate of drug-likeness (QED) is 0.534. The molecule has 0 N–H and O–H groups in total. The number of aromatic nitrogens is 2. The second-order valence-electron chi connectivity index (χ2n) is 7.10. The third-order valence-corrected chi connectivity index (χ3v) is 6.98. The highest BCUT2D eigenvalue weighted by atomic mass is 35.5. The van der Waals surface area contributed by atoms with E-state index in [9.17, 15) is 0 Å². The summed E-state index contributed by atoms with van der Waals surface area (Å²) < 4.78 is 0. The highest BCUT2D eigenvalue weighted by Crippen LogP contribution is 2.32. The van der Waals surface area contributed by atoms with Crippen LogP contribution in [-0.4, -0.2) is 41.0 Å². The van der Waals surface area contributed by atoms with Crippen molar-refractivity contribution in [1.82, 2.24) is 14.9 Å². The average molecular weight is 435 g/mol. The van der Waals surface area contributed by atoms with Gasteiger partial charge in [0.15, 0.2) is 0 Å². The van der Waals surface area contributed by atoms with Crippen molar-refractivity contribution in [2.75, 3.05) is 31.1 Å². The van der Waals surface area contributed by atoms with Crippen LogP contribution in [-0.2, 0) is 19.4 Å². The van der Waals surface area contributed by atoms with Crippen molar-refractivity contribution in [3.8, 4) is 0 Å². The second kappa shape index (κ2) is 8.54. The molecule has 4 rings (SSSR count). The number of aryl methyl sites for hydroxylation is 2. The molecule has 2 aromatic heterocycles. The molecule has 4 nitrogen and oxygen atoms in total. The van der Waals surface area contributed by atoms with Crippen molar-refractivity contribution in [3.05, 3.63) is 50.6 Å². The number of hydrogen-bond acceptors (Lipinski definition) is 5. The Hall–Kier alpha value is -1.40. The summed E-state index contributed by atoms with van der Waals surface area (Å²) in [6, 6.07) is 8.02. The Morgan fingerprint density at radius 3 is 2.46 bits per heavy atom. The molecule has 7 heteroatoms. The van der Waals surface area contributed by atoms with Gasteiger partial charge in [0.2, 0.25) is 0 Å². The van der Waals surface area contributed by atoms with Crippen LogP contribution in [0.25, 0.3) is 10.2 Å². The maximum absolute atomic E-state index is 6.35. The number of piperazine rings is 1. The summed E-state index contributed by atoms with van der Waals surface area (Å²) in [6.45, 7) is 9.04. The summed E-state index contributed by atoms with van der Waals surface area (Å²) in [4.78, 5) is 17.0. The molecular formula is C21H24Cl2N4S. The monoisotopic (exact) mass is 434 g/mol. The van der Waals surface area contributed by atoms with E-state index in [0.29, 0.717) is 5.02 Å². The molecular weight excluding hydrogens is 411 g/mol. The average Bonchev–Trinajstić information content (AvgIpc) is 3.13. The normalized spacial score (nSPS) is 15.5. The number of nitrogens with zero attached hydrogens (tertiary/aromatic N) is 4. The van der Waals surface area contributed by atoms with Crippen LogP contribution in [0.5, 0.6) is 0 Å². The Balaban J connectivity index is 1.51. The van der Waals surface area contributed by atoms with Crippen LogP contribution in [0.4, 0.5) is 5.82 Å². The standard InChI is InChI=1S/C21H24Cl2N4S/c1-3-16-12-17-20(24-19(4-2)25-21(17)28-16)27-9-7-26(8-10-27)13-14-5-6-15(22)11-18(14)23/h5-6,11-12H,3-4,7-10,13H2,1-2H3. The van der Waals surface area contributed by atoms with Gasteiger partial charge >= 0.3 is 0 Å². The molecule has 1 saturated heterocycles. The van der Waals surface area contributed by atoms with Gasteiger partial charge in [0.25, 0.3) is 0 Å². The fraction of sp³-hybridized carbons (Fsp3) is 0.429. The number of halogens is 2. The fourth-order valence-electron chi connectivity index (χ4n) is 3.58. The summed E-state index contributed by atoms with van der Waals surface area (Å²) in [5, 5.41) is 2.62. The van der Waals surface area contributed by atoms with Crippen LogP contribution in [0.15, 0.2) is 24.3 Å². The van der Waals surface area contributed by atoms with Gasteiger partial charge in [-0.25, -0.2) is 9.97 Å². The van der Waals surface area contributed by atoms with Gasteiger partial charge in [-0.2, -0.15) is 0 Å². The zero-order valence-corrected chi connectivity index (χ0v) is 18.5. The van der Waals surface area contributed by atoms with E-state index >= 15 is 0 Å². The first-order chi connectivity index (χ1) is 13.6. The molecule has 3 aromatic rings. The number of anilines is 1. The first-order valence-electron chi connectivity index (χ1n) is 9.78. The summed E-state index contributed by atoms with van der Waals surface area (Å²) in [7, 11) is 0. The molecule has 0 unspecified atom stereocenters. The lowest BCUT2D eigenvalue weighted by atomic mass is 10.2. The minimum atomic E-state index is 0.681. The van der Waals surface area contributed by atoms with E-state index in [0.717, 1.165) is 72.6 Å². The maximum Gasteiger partial charge on any atom is 0.141 e. The molecule has 1 aliphatic rings. The number of thiophene rings is 1. The third-order valence-electron chi connectivity index (χ3n) is 5.22. The number of fused-ring (bicyclic) bond motifs is 1. The minimum absolute atomic E-state index is 0.681. The lowest BCUT2D eigenvalue weighted by molar-refractivity contribution is 0.249. The van der Waals surface area contributed by atoms with Crippen LogP contribution in [0.1, 0.15) is 30.1 Å². The van der Waals surface area contributed by atoms with Gasteiger partial charge in [-0.1, -0.05) is 43.1 Å². The SMILES string of the molecule is CCc1nc(N2CCN(Cc3ccc(Cl)cc3Cl)CC2)c2cc(CC)sc2n1. The molecule has 1 aromatic carbocycles. The number of benzene rings is 1. The Kier molecular flexibility index (Phi) is 6.07. The Bertz CT molecular complexity index is 980. The van der Waals surface area contributed by atoms with E-state index in [1.165, 1.54) is 10.3 Å². The van der Waals surface area contributed by atoms with Gasteiger partial charge in [-0.15, -0.1) is 11.3 Å². The molecule has 0 saturated carbocycles. The Morgan fingerprint density at radius 2 is 1.79 bits per heavy atom. The largest absolute Gasteiger partial charge is 0.353 e. The van der Waals surface area contributed by atoms with Crippen molar-refractivity contribution in [2.45, 2.75) is 33.2 Å². The van der Waals surface area contributed by atoms with Gasteiger partial charge in [-0.05, 0) is 30.2 Å². The molecule has 0 spiro atoms. The lowest BCUT2D eigenvalue weighted by Gasteiger charge is -2.36. The number of rotatable bonds is 5. The predicted molar refractivity (Wildman–Crippen MR) is 120 cm³/mol. The van der Waals surface area contributed by atoms with Gasteiger partial charge in [-0.3, -0.25) is 4.90 Å². The van der Waals surface area contributed by atoms with Crippen molar-refractivity contribution in [3.63, 3.8) is 0 Å². The summed E-state index contributed by atoms with van der Waals surface area (Å²) in [5.41, 5.74) is 1.13. The third kappa shape index (κ3) is 4.13. The van der Waals surface area contributed by atoms with E-state index in [-0.39, 0.29) is 0 Å². The van der Waals surface area contributed by atoms with Crippen molar-refractivity contribution in [1.29, 1.82) is 0 Å². The van der Waals surface area contributed by atoms with E-state index in [1.807, 2.05) is 18.2 Å². The Labute approximate surface area is 180 Å². The van der Waals surface area contributed by atoms with E-state index in [4.69, 9.17) is 33.2 Å². The zero-order valence-electron chi connectivity index (χ0n) is 16.2. The molecule has 0 radical (unpaired) electrons. The van der Waals surface area contributed by atoms with Crippen LogP contribution in [0.3, 0.4) is 0 Å². The van der Waals surface area contributed by atoms with Crippen LogP contribution < -0.4 is 4.90 Å². The van der Waals surface area contributed by atoms with Crippen LogP contribution >= 0.6 is 34.5 Å². The van der Waals surface area contributed by atoms with Gasteiger partial charge in [0.1, 0.15) is 16.5 Å². The second-order valence-corrected chi connectivity index (χ2v) is 9.06. The Morgan fingerprint density at radius 1 is 1.00 bits per heavy atom. The fourth-order valence-corrected chi connectivity index (χ4v) is 5.03. The lowest BCUT2D eigenvalue weighted by Crippen LogP contribution is -2.46. The smallest absolute Gasteiger partial charge is 0.141 e. The van der Waals surface area contributed by atoms with Crippen molar-refractivity contribution in [2.24, 2.45) is 0 Å². The summed E-state index contributed by atoms with van der Waals surface area (Å²) in [5.74, 6) is 2.03. The molecule has 0 atom stereocenters. The van der Waals surface area contributed by atoms with Gasteiger partial charge in [0.05, 0.1) is 5.39 Å². The zero-order chi connectivity index (χ0) is 19.7. The first kappa shape index (κ1) is 19.9. The van der Waals surface area contributed by atoms with Crippen LogP contribution in [0, 0.1) is 0 Å². The van der Waals surface area contributed by atoms with Crippen LogP contribution in [0.2, 0.25) is 10.0 Å². The minimum Gasteiger partial charge on any atom is -0.353 e. The predicted octanol–water partition coefficient (Wildman–Crippen LogP) is 5.45. The van der Waals surface area contributed by atoms with Crippen molar-refractivity contribution >= 4 is 50.6 Å². The molecule has 3 heterocycles. The summed E-state index contributed by atoms with van der Waals surface area (Å²) >= 11 is 14.2. The van der Waals surface area contributed by atoms with E-state index in [2.05, 4.69) is 29.7 Å². The highest BCUT2D eigenvalue weighted by molar-refractivity contribution is 7.18. The van der Waals surface area contributed by atoms with Gasteiger partial charge in [0, 0.05) is 54.1 Å². The van der Waals surface area contributed by atoms with E-state index in [1.54, 1.807) is 11.3 Å². The van der Waals surface area contributed by atoms with Gasteiger partial charge < -0.3 is 4.90 Å². The van der Waals surface area contributed by atoms with Crippen molar-refractivity contribution < 1.29 is 0 Å². The maximum atomic E-state index is 6.35. The first-order valence-corrected chi connectivity index (χ1v) is 11.3. The molecule has 148 valence electrons. The molecule has 0 aliphatic carbocycles. The molecule has 1 aliphatic heterocycles.